The van der Waals surface area contributed by atoms with Crippen LogP contribution in [0.5, 0.6) is 0 Å². The molecule has 3 N–H and O–H groups in total. The maximum absolute atomic E-state index is 11.4. The molecule has 0 amide bonds. The van der Waals surface area contributed by atoms with E-state index in [0.29, 0.717) is 17.0 Å². The van der Waals surface area contributed by atoms with Crippen molar-refractivity contribution < 1.29 is 0 Å². The third-order valence-corrected chi connectivity index (χ3v) is 5.45. The molecule has 1 heterocycles. The van der Waals surface area contributed by atoms with Crippen LogP contribution in [0.25, 0.3) is 0 Å². The topological polar surface area (TPSA) is 93.8 Å². The summed E-state index contributed by atoms with van der Waals surface area (Å²) in [5, 5.41) is 3.23. The zero-order valence-corrected chi connectivity index (χ0v) is 12.9. The van der Waals surface area contributed by atoms with E-state index in [2.05, 4.69) is 23.9 Å². The molecule has 1 fully saturated rings. The monoisotopic (exact) mass is 298 g/mol. The van der Waals surface area contributed by atoms with E-state index in [4.69, 9.17) is 5.73 Å². The molecule has 1 aliphatic carbocycles. The fourth-order valence-electron chi connectivity index (χ4n) is 2.63. The fraction of sp³-hybridized carbons (Fsp3) is 0.769. The number of H-pyrrole nitrogens is 1. The number of thioether (sulfide) groups is 1. The molecule has 0 aromatic carbocycles. The molecular formula is C13H22N4O2S. The van der Waals surface area contributed by atoms with Gasteiger partial charge in [0.1, 0.15) is 0 Å². The highest BCUT2D eigenvalue weighted by molar-refractivity contribution is 7.99. The Labute approximate surface area is 122 Å². The highest BCUT2D eigenvalue weighted by Crippen LogP contribution is 2.37. The lowest BCUT2D eigenvalue weighted by molar-refractivity contribution is 0.266. The van der Waals surface area contributed by atoms with Crippen molar-refractivity contribution in [2.24, 2.45) is 24.6 Å². The van der Waals surface area contributed by atoms with Crippen molar-refractivity contribution in [1.82, 2.24) is 14.8 Å². The van der Waals surface area contributed by atoms with Crippen molar-refractivity contribution in [1.29, 1.82) is 0 Å². The van der Waals surface area contributed by atoms with E-state index in [1.165, 1.54) is 16.4 Å². The van der Waals surface area contributed by atoms with Gasteiger partial charge in [0.15, 0.2) is 5.16 Å². The van der Waals surface area contributed by atoms with E-state index in [0.717, 1.165) is 19.3 Å². The van der Waals surface area contributed by atoms with Gasteiger partial charge in [-0.1, -0.05) is 25.6 Å². The second-order valence-corrected chi connectivity index (χ2v) is 7.04. The molecule has 20 heavy (non-hydrogen) atoms. The Morgan fingerprint density at radius 2 is 2.10 bits per heavy atom. The van der Waals surface area contributed by atoms with Gasteiger partial charge >= 0.3 is 11.1 Å². The van der Waals surface area contributed by atoms with E-state index < -0.39 is 11.1 Å². The van der Waals surface area contributed by atoms with Gasteiger partial charge in [0.05, 0.1) is 0 Å². The molecule has 3 unspecified atom stereocenters. The van der Waals surface area contributed by atoms with Crippen LogP contribution in [0.4, 0.5) is 0 Å². The van der Waals surface area contributed by atoms with E-state index in [1.807, 2.05) is 0 Å². The second kappa shape index (κ2) is 6.13. The van der Waals surface area contributed by atoms with E-state index in [-0.39, 0.29) is 11.3 Å². The molecule has 1 aromatic rings. The van der Waals surface area contributed by atoms with Gasteiger partial charge in [-0.05, 0) is 31.1 Å². The standard InChI is InChI=1S/C13H22N4O2S/c1-7(2)8-4-5-9(14)10(6-8)20-13-15-11(18)12(19)16-17(13)3/h7-10H,4-6,14H2,1-3H3,(H,16,19). The SMILES string of the molecule is CC(C)C1CCC(N)C(Sc2nc(=O)c(=O)[nH]n2C)C1. The molecule has 0 saturated heterocycles. The summed E-state index contributed by atoms with van der Waals surface area (Å²) in [6.07, 6.45) is 3.18. The minimum atomic E-state index is -0.740. The maximum Gasteiger partial charge on any atom is 0.339 e. The third kappa shape index (κ3) is 3.32. The van der Waals surface area contributed by atoms with Gasteiger partial charge in [-0.2, -0.15) is 4.98 Å². The van der Waals surface area contributed by atoms with Gasteiger partial charge in [0.2, 0.25) is 0 Å². The molecule has 1 aromatic heterocycles. The summed E-state index contributed by atoms with van der Waals surface area (Å²) in [5.41, 5.74) is 4.77. The van der Waals surface area contributed by atoms with Crippen LogP contribution in [0, 0.1) is 11.8 Å². The molecule has 3 atom stereocenters. The molecule has 1 aliphatic rings. The number of hydrogen-bond donors (Lipinski definition) is 2. The van der Waals surface area contributed by atoms with Crippen LogP contribution in [-0.2, 0) is 7.05 Å². The predicted molar refractivity (Wildman–Crippen MR) is 79.9 cm³/mol. The predicted octanol–water partition coefficient (Wildman–Crippen LogP) is 0.713. The number of nitrogens with one attached hydrogen (secondary N) is 1. The molecule has 6 nitrogen and oxygen atoms in total. The Kier molecular flexibility index (Phi) is 4.70. The Hall–Kier alpha value is -1.08. The Bertz CT molecular complexity index is 580. The van der Waals surface area contributed by atoms with Gasteiger partial charge in [0.25, 0.3) is 0 Å². The number of nitrogens with two attached hydrogens (primary N) is 1. The highest BCUT2D eigenvalue weighted by Gasteiger charge is 2.31. The summed E-state index contributed by atoms with van der Waals surface area (Å²) >= 11 is 1.50. The van der Waals surface area contributed by atoms with Crippen LogP contribution in [0.15, 0.2) is 14.7 Å². The quantitative estimate of drug-likeness (QED) is 0.802. The van der Waals surface area contributed by atoms with Crippen LogP contribution in [0.1, 0.15) is 33.1 Å². The number of nitrogens with zero attached hydrogens (tertiary/aromatic N) is 2. The van der Waals surface area contributed by atoms with Crippen molar-refractivity contribution in [3.8, 4) is 0 Å². The minimum Gasteiger partial charge on any atom is -0.327 e. The van der Waals surface area contributed by atoms with Crippen molar-refractivity contribution >= 4 is 11.8 Å². The third-order valence-electron chi connectivity index (χ3n) is 4.03. The van der Waals surface area contributed by atoms with E-state index in [1.54, 1.807) is 7.05 Å². The summed E-state index contributed by atoms with van der Waals surface area (Å²) < 4.78 is 1.50. The maximum atomic E-state index is 11.4. The minimum absolute atomic E-state index is 0.110. The van der Waals surface area contributed by atoms with E-state index >= 15 is 0 Å². The lowest BCUT2D eigenvalue weighted by atomic mass is 9.79. The Morgan fingerprint density at radius 1 is 1.40 bits per heavy atom. The molecular weight excluding hydrogens is 276 g/mol. The van der Waals surface area contributed by atoms with Crippen molar-refractivity contribution in [2.45, 2.75) is 49.6 Å². The molecule has 0 bridgehead atoms. The molecule has 112 valence electrons. The van der Waals surface area contributed by atoms with Gasteiger partial charge in [-0.3, -0.25) is 19.4 Å². The molecule has 0 radical (unpaired) electrons. The van der Waals surface area contributed by atoms with Gasteiger partial charge in [-0.15, -0.1) is 0 Å². The van der Waals surface area contributed by atoms with Gasteiger partial charge in [-0.25, -0.2) is 0 Å². The summed E-state index contributed by atoms with van der Waals surface area (Å²) in [4.78, 5) is 26.4. The smallest absolute Gasteiger partial charge is 0.327 e. The van der Waals surface area contributed by atoms with Crippen LogP contribution in [0.2, 0.25) is 0 Å². The fourth-order valence-corrected chi connectivity index (χ4v) is 3.89. The zero-order valence-electron chi connectivity index (χ0n) is 12.1. The molecule has 7 heteroatoms. The van der Waals surface area contributed by atoms with Crippen LogP contribution >= 0.6 is 11.8 Å². The Morgan fingerprint density at radius 3 is 2.75 bits per heavy atom. The van der Waals surface area contributed by atoms with Gasteiger partial charge < -0.3 is 5.73 Å². The van der Waals surface area contributed by atoms with E-state index in [9.17, 15) is 9.59 Å². The average molecular weight is 298 g/mol. The lowest BCUT2D eigenvalue weighted by Gasteiger charge is -2.35. The van der Waals surface area contributed by atoms with Crippen LogP contribution < -0.4 is 16.9 Å². The molecule has 0 aliphatic heterocycles. The second-order valence-electron chi connectivity index (χ2n) is 5.84. The summed E-state index contributed by atoms with van der Waals surface area (Å²) in [5.74, 6) is 1.30. The van der Waals surface area contributed by atoms with Crippen LogP contribution in [0.3, 0.4) is 0 Å². The first kappa shape index (κ1) is 15.3. The molecule has 0 spiro atoms. The Balaban J connectivity index is 2.17. The number of aromatic amines is 1. The normalized spacial score (nSPS) is 26.9. The number of aryl methyl sites for hydroxylation is 1. The van der Waals surface area contributed by atoms with Crippen LogP contribution in [-0.4, -0.2) is 26.1 Å². The molecule has 1 saturated carbocycles. The number of rotatable bonds is 3. The summed E-state index contributed by atoms with van der Waals surface area (Å²) in [6, 6.07) is 0.110. The number of hydrogen-bond acceptors (Lipinski definition) is 5. The first-order chi connectivity index (χ1) is 9.38. The summed E-state index contributed by atoms with van der Waals surface area (Å²) in [7, 11) is 1.68. The summed E-state index contributed by atoms with van der Waals surface area (Å²) in [6.45, 7) is 4.47. The first-order valence-electron chi connectivity index (χ1n) is 6.98. The van der Waals surface area contributed by atoms with Gasteiger partial charge in [0, 0.05) is 18.3 Å². The van der Waals surface area contributed by atoms with Crippen molar-refractivity contribution in [3.63, 3.8) is 0 Å². The van der Waals surface area contributed by atoms with Crippen molar-refractivity contribution in [2.75, 3.05) is 0 Å². The number of aromatic nitrogens is 3. The molecule has 2 rings (SSSR count). The first-order valence-corrected chi connectivity index (χ1v) is 7.86. The van der Waals surface area contributed by atoms with Crippen molar-refractivity contribution in [3.05, 3.63) is 20.7 Å². The lowest BCUT2D eigenvalue weighted by Crippen LogP contribution is -2.40. The highest BCUT2D eigenvalue weighted by atomic mass is 32.2. The largest absolute Gasteiger partial charge is 0.339 e. The zero-order chi connectivity index (χ0) is 14.9. The average Bonchev–Trinajstić information content (AvgIpc) is 2.38.